The molecular formula is C16H17NO3S. The molecule has 0 bridgehead atoms. The Labute approximate surface area is 127 Å². The summed E-state index contributed by atoms with van der Waals surface area (Å²) < 4.78 is 5.08. The lowest BCUT2D eigenvalue weighted by atomic mass is 10.1. The van der Waals surface area contributed by atoms with Gasteiger partial charge in [0.25, 0.3) is 5.91 Å². The number of thiophene rings is 1. The molecule has 1 aliphatic rings. The molecule has 1 saturated carbocycles. The van der Waals surface area contributed by atoms with Crippen molar-refractivity contribution in [2.45, 2.75) is 25.4 Å². The van der Waals surface area contributed by atoms with Crippen LogP contribution in [-0.4, -0.2) is 29.1 Å². The average Bonchev–Trinajstić information content (AvgIpc) is 3.21. The topological polar surface area (TPSA) is 49.8 Å². The molecular weight excluding hydrogens is 286 g/mol. The number of methoxy groups -OCH3 is 1. The van der Waals surface area contributed by atoms with Gasteiger partial charge in [-0.25, -0.2) is 0 Å². The van der Waals surface area contributed by atoms with Crippen LogP contribution in [0.15, 0.2) is 35.0 Å². The second-order valence-corrected chi connectivity index (χ2v) is 5.93. The summed E-state index contributed by atoms with van der Waals surface area (Å²) in [4.78, 5) is 14.6. The van der Waals surface area contributed by atoms with Crippen molar-refractivity contribution in [2.24, 2.45) is 0 Å². The van der Waals surface area contributed by atoms with Crippen LogP contribution in [0.3, 0.4) is 0 Å². The molecule has 0 saturated heterocycles. The predicted molar refractivity (Wildman–Crippen MR) is 81.9 cm³/mol. The number of nitrogens with zero attached hydrogens (tertiary/aromatic N) is 1. The number of para-hydroxylation sites is 1. The number of phenolic OH excluding ortho intramolecular Hbond substituents is 1. The number of carbonyl (C=O) groups is 1. The molecule has 3 rings (SSSR count). The molecule has 0 atom stereocenters. The van der Waals surface area contributed by atoms with E-state index >= 15 is 0 Å². The second kappa shape index (κ2) is 5.77. The third-order valence-corrected chi connectivity index (χ3v) is 4.36. The van der Waals surface area contributed by atoms with Crippen molar-refractivity contribution in [2.75, 3.05) is 7.11 Å². The summed E-state index contributed by atoms with van der Waals surface area (Å²) in [5.74, 6) is 0.105. The summed E-state index contributed by atoms with van der Waals surface area (Å²) >= 11 is 1.62. The highest BCUT2D eigenvalue weighted by Gasteiger charge is 2.34. The number of amides is 1. The van der Waals surface area contributed by atoms with E-state index in [-0.39, 0.29) is 17.7 Å². The number of ether oxygens (including phenoxy) is 1. The van der Waals surface area contributed by atoms with Gasteiger partial charge in [-0.15, -0.1) is 0 Å². The third-order valence-electron chi connectivity index (χ3n) is 3.63. The molecule has 0 unspecified atom stereocenters. The normalized spacial score (nSPS) is 14.0. The molecule has 1 N–H and O–H groups in total. The zero-order chi connectivity index (χ0) is 14.8. The quantitative estimate of drug-likeness (QED) is 0.922. The number of hydrogen-bond donors (Lipinski definition) is 1. The van der Waals surface area contributed by atoms with Gasteiger partial charge in [-0.1, -0.05) is 6.07 Å². The fourth-order valence-corrected chi connectivity index (χ4v) is 3.01. The van der Waals surface area contributed by atoms with Gasteiger partial charge in [0, 0.05) is 12.6 Å². The van der Waals surface area contributed by atoms with Gasteiger partial charge in [0.2, 0.25) is 0 Å². The molecule has 0 spiro atoms. The van der Waals surface area contributed by atoms with Crippen molar-refractivity contribution < 1.29 is 14.6 Å². The lowest BCUT2D eigenvalue weighted by Crippen LogP contribution is -2.32. The van der Waals surface area contributed by atoms with Gasteiger partial charge in [0.15, 0.2) is 11.5 Å². The molecule has 1 fully saturated rings. The van der Waals surface area contributed by atoms with E-state index in [4.69, 9.17) is 4.74 Å². The Hall–Kier alpha value is -2.01. The highest BCUT2D eigenvalue weighted by molar-refractivity contribution is 7.07. The third kappa shape index (κ3) is 2.88. The van der Waals surface area contributed by atoms with E-state index in [1.54, 1.807) is 29.5 Å². The molecule has 1 aromatic carbocycles. The molecule has 110 valence electrons. The van der Waals surface area contributed by atoms with E-state index in [1.165, 1.54) is 7.11 Å². The highest BCUT2D eigenvalue weighted by Crippen LogP contribution is 2.34. The number of phenols is 1. The summed E-state index contributed by atoms with van der Waals surface area (Å²) in [7, 11) is 1.48. The molecule has 2 aromatic rings. The van der Waals surface area contributed by atoms with Crippen molar-refractivity contribution in [3.63, 3.8) is 0 Å². The summed E-state index contributed by atoms with van der Waals surface area (Å²) in [6, 6.07) is 7.32. The molecule has 21 heavy (non-hydrogen) atoms. The van der Waals surface area contributed by atoms with E-state index in [0.29, 0.717) is 17.9 Å². The number of benzene rings is 1. The molecule has 1 aliphatic carbocycles. The van der Waals surface area contributed by atoms with Gasteiger partial charge < -0.3 is 14.7 Å². The van der Waals surface area contributed by atoms with Gasteiger partial charge in [-0.2, -0.15) is 11.3 Å². The Bertz CT molecular complexity index is 635. The first kappa shape index (κ1) is 13.9. The fraction of sp³-hybridized carbons (Fsp3) is 0.312. The largest absolute Gasteiger partial charge is 0.504 e. The first-order chi connectivity index (χ1) is 10.2. The van der Waals surface area contributed by atoms with Crippen LogP contribution < -0.4 is 4.74 Å². The minimum atomic E-state index is -0.139. The fourth-order valence-electron chi connectivity index (χ4n) is 2.35. The Morgan fingerprint density at radius 3 is 2.86 bits per heavy atom. The zero-order valence-electron chi connectivity index (χ0n) is 11.8. The highest BCUT2D eigenvalue weighted by atomic mass is 32.1. The molecule has 0 aliphatic heterocycles. The van der Waals surface area contributed by atoms with E-state index in [2.05, 4.69) is 0 Å². The summed E-state index contributed by atoms with van der Waals surface area (Å²) in [6.07, 6.45) is 2.06. The van der Waals surface area contributed by atoms with Gasteiger partial charge in [0.05, 0.1) is 12.7 Å². The van der Waals surface area contributed by atoms with Crippen molar-refractivity contribution in [1.29, 1.82) is 0 Å². The van der Waals surface area contributed by atoms with E-state index in [9.17, 15) is 9.90 Å². The standard InChI is InChI=1S/C16H17NO3S/c1-20-14-4-2-3-13(15(14)18)16(19)17(12-5-6-12)9-11-7-8-21-10-11/h2-4,7-8,10,12,18H,5-6,9H2,1H3. The van der Waals surface area contributed by atoms with Crippen molar-refractivity contribution in [3.8, 4) is 11.5 Å². The smallest absolute Gasteiger partial charge is 0.258 e. The monoisotopic (exact) mass is 303 g/mol. The maximum Gasteiger partial charge on any atom is 0.258 e. The number of hydrogen-bond acceptors (Lipinski definition) is 4. The molecule has 4 nitrogen and oxygen atoms in total. The van der Waals surface area contributed by atoms with Crippen LogP contribution in [0.4, 0.5) is 0 Å². The molecule has 5 heteroatoms. The van der Waals surface area contributed by atoms with Crippen LogP contribution in [0, 0.1) is 0 Å². The Morgan fingerprint density at radius 1 is 1.43 bits per heavy atom. The minimum Gasteiger partial charge on any atom is -0.504 e. The van der Waals surface area contributed by atoms with Crippen LogP contribution in [-0.2, 0) is 6.54 Å². The SMILES string of the molecule is COc1cccc(C(=O)N(Cc2ccsc2)C2CC2)c1O. The molecule has 1 amide bonds. The van der Waals surface area contributed by atoms with Gasteiger partial charge in [-0.05, 0) is 47.4 Å². The van der Waals surface area contributed by atoms with Gasteiger partial charge in [-0.3, -0.25) is 4.79 Å². The minimum absolute atomic E-state index is 0.0824. The first-order valence-electron chi connectivity index (χ1n) is 6.88. The lowest BCUT2D eigenvalue weighted by Gasteiger charge is -2.23. The molecule has 1 heterocycles. The van der Waals surface area contributed by atoms with E-state index in [0.717, 1.165) is 18.4 Å². The number of aromatic hydroxyl groups is 1. The summed E-state index contributed by atoms with van der Waals surface area (Å²) in [5.41, 5.74) is 1.43. The van der Waals surface area contributed by atoms with Gasteiger partial charge >= 0.3 is 0 Å². The van der Waals surface area contributed by atoms with Crippen molar-refractivity contribution >= 4 is 17.2 Å². The zero-order valence-corrected chi connectivity index (χ0v) is 12.6. The average molecular weight is 303 g/mol. The Morgan fingerprint density at radius 2 is 2.24 bits per heavy atom. The number of carbonyl (C=O) groups excluding carboxylic acids is 1. The maximum absolute atomic E-state index is 12.8. The number of rotatable bonds is 5. The van der Waals surface area contributed by atoms with Crippen LogP contribution in [0.1, 0.15) is 28.8 Å². The van der Waals surface area contributed by atoms with E-state index < -0.39 is 0 Å². The van der Waals surface area contributed by atoms with E-state index in [1.807, 2.05) is 21.7 Å². The Kier molecular flexibility index (Phi) is 3.84. The molecule has 1 aromatic heterocycles. The lowest BCUT2D eigenvalue weighted by molar-refractivity contribution is 0.0726. The predicted octanol–water partition coefficient (Wildman–Crippen LogP) is 3.27. The van der Waals surface area contributed by atoms with Crippen LogP contribution >= 0.6 is 11.3 Å². The van der Waals surface area contributed by atoms with Crippen molar-refractivity contribution in [3.05, 3.63) is 46.2 Å². The summed E-state index contributed by atoms with van der Waals surface area (Å²) in [6.45, 7) is 0.587. The maximum atomic E-state index is 12.8. The summed E-state index contributed by atoms with van der Waals surface area (Å²) in [5, 5.41) is 14.2. The van der Waals surface area contributed by atoms with Crippen LogP contribution in [0.25, 0.3) is 0 Å². The van der Waals surface area contributed by atoms with Crippen molar-refractivity contribution in [1.82, 2.24) is 4.90 Å². The Balaban J connectivity index is 1.87. The molecule has 0 radical (unpaired) electrons. The van der Waals surface area contributed by atoms with Gasteiger partial charge in [0.1, 0.15) is 0 Å². The van der Waals surface area contributed by atoms with Crippen LogP contribution in [0.5, 0.6) is 11.5 Å². The second-order valence-electron chi connectivity index (χ2n) is 5.15. The first-order valence-corrected chi connectivity index (χ1v) is 7.83. The van der Waals surface area contributed by atoms with Crippen LogP contribution in [0.2, 0.25) is 0 Å².